The summed E-state index contributed by atoms with van der Waals surface area (Å²) < 4.78 is 0. The molecule has 0 spiro atoms. The van der Waals surface area contributed by atoms with Gasteiger partial charge in [0, 0.05) is 12.1 Å². The van der Waals surface area contributed by atoms with Crippen molar-refractivity contribution in [3.8, 4) is 0 Å². The molecule has 5 heteroatoms. The molecular weight excluding hydrogens is 262 g/mol. The fourth-order valence-electron chi connectivity index (χ4n) is 2.59. The van der Waals surface area contributed by atoms with Crippen molar-refractivity contribution in [3.63, 3.8) is 0 Å². The second kappa shape index (κ2) is 6.85. The van der Waals surface area contributed by atoms with E-state index < -0.39 is 0 Å². The summed E-state index contributed by atoms with van der Waals surface area (Å²) in [5.74, 6) is 0.806. The van der Waals surface area contributed by atoms with E-state index in [0.717, 1.165) is 18.5 Å². The van der Waals surface area contributed by atoms with Gasteiger partial charge in [0.15, 0.2) is 0 Å². The van der Waals surface area contributed by atoms with Gasteiger partial charge in [-0.3, -0.25) is 10.1 Å². The average Bonchev–Trinajstić information content (AvgIpc) is 2.55. The fourth-order valence-corrected chi connectivity index (χ4v) is 2.83. The lowest BCUT2D eigenvalue weighted by atomic mass is 9.96. The Bertz CT molecular complexity index is 422. The van der Waals surface area contributed by atoms with E-state index in [4.69, 9.17) is 11.6 Å². The zero-order valence-corrected chi connectivity index (χ0v) is 12.0. The number of nitrogens with one attached hydrogen (secondary N) is 1. The van der Waals surface area contributed by atoms with Crippen molar-refractivity contribution >= 4 is 23.5 Å². The maximum absolute atomic E-state index is 12.0. The Morgan fingerprint density at radius 3 is 2.63 bits per heavy atom. The molecule has 0 bridgehead atoms. The summed E-state index contributed by atoms with van der Waals surface area (Å²) >= 11 is 5.84. The molecular formula is C14H20ClN3O. The van der Waals surface area contributed by atoms with Gasteiger partial charge in [-0.1, -0.05) is 37.3 Å². The highest BCUT2D eigenvalue weighted by molar-refractivity contribution is 6.29. The highest BCUT2D eigenvalue weighted by Gasteiger charge is 2.16. The lowest BCUT2D eigenvalue weighted by Crippen LogP contribution is -2.18. The summed E-state index contributed by atoms with van der Waals surface area (Å²) in [6.45, 7) is 1.83. The smallest absolute Gasteiger partial charge is 0.231 e. The van der Waals surface area contributed by atoms with Crippen LogP contribution in [0.15, 0.2) is 6.07 Å². The molecule has 19 heavy (non-hydrogen) atoms. The van der Waals surface area contributed by atoms with Gasteiger partial charge >= 0.3 is 0 Å². The first-order valence-electron chi connectivity index (χ1n) is 6.94. The predicted octanol–water partition coefficient (Wildman–Crippen LogP) is 3.74. The van der Waals surface area contributed by atoms with Gasteiger partial charge in [0.05, 0.1) is 0 Å². The first kappa shape index (κ1) is 14.3. The standard InChI is InChI=1S/C14H20ClN3O/c1-10-8-12(15)17-14(16-10)18-13(19)9-11-6-4-2-3-5-7-11/h8,11H,2-7,9H2,1H3,(H,16,17,18,19). The zero-order chi connectivity index (χ0) is 13.7. The van der Waals surface area contributed by atoms with Crippen LogP contribution in [0.2, 0.25) is 5.15 Å². The molecule has 1 heterocycles. The Labute approximate surface area is 119 Å². The van der Waals surface area contributed by atoms with E-state index in [0.29, 0.717) is 23.4 Å². The molecule has 1 aliphatic rings. The van der Waals surface area contributed by atoms with E-state index in [1.54, 1.807) is 6.07 Å². The van der Waals surface area contributed by atoms with Crippen LogP contribution in [0.5, 0.6) is 0 Å². The number of nitrogens with zero attached hydrogens (tertiary/aromatic N) is 2. The van der Waals surface area contributed by atoms with Gasteiger partial charge in [-0.05, 0) is 31.7 Å². The van der Waals surface area contributed by atoms with Crippen LogP contribution in [0, 0.1) is 12.8 Å². The van der Waals surface area contributed by atoms with Crippen molar-refractivity contribution in [2.24, 2.45) is 5.92 Å². The third kappa shape index (κ3) is 4.78. The van der Waals surface area contributed by atoms with Gasteiger partial charge < -0.3 is 0 Å². The van der Waals surface area contributed by atoms with Crippen molar-refractivity contribution < 1.29 is 4.79 Å². The van der Waals surface area contributed by atoms with Crippen molar-refractivity contribution in [2.45, 2.75) is 51.9 Å². The van der Waals surface area contributed by atoms with Crippen LogP contribution < -0.4 is 5.32 Å². The fraction of sp³-hybridized carbons (Fsp3) is 0.643. The number of carbonyl (C=O) groups is 1. The SMILES string of the molecule is Cc1cc(Cl)nc(NC(=O)CC2CCCCCC2)n1. The molecule has 1 fully saturated rings. The van der Waals surface area contributed by atoms with E-state index in [1.807, 2.05) is 6.92 Å². The molecule has 0 saturated heterocycles. The maximum Gasteiger partial charge on any atom is 0.231 e. The first-order chi connectivity index (χ1) is 9.13. The van der Waals surface area contributed by atoms with Crippen molar-refractivity contribution in [2.75, 3.05) is 5.32 Å². The van der Waals surface area contributed by atoms with Crippen molar-refractivity contribution in [1.29, 1.82) is 0 Å². The molecule has 1 N–H and O–H groups in total. The number of hydrogen-bond donors (Lipinski definition) is 1. The van der Waals surface area contributed by atoms with E-state index in [2.05, 4.69) is 15.3 Å². The Kier molecular flexibility index (Phi) is 5.14. The van der Waals surface area contributed by atoms with Crippen LogP contribution in [-0.2, 0) is 4.79 Å². The monoisotopic (exact) mass is 281 g/mol. The van der Waals surface area contributed by atoms with E-state index in [1.165, 1.54) is 25.7 Å². The van der Waals surface area contributed by atoms with Gasteiger partial charge in [-0.2, -0.15) is 0 Å². The van der Waals surface area contributed by atoms with Gasteiger partial charge in [0.25, 0.3) is 0 Å². The van der Waals surface area contributed by atoms with Gasteiger partial charge in [0.1, 0.15) is 5.15 Å². The van der Waals surface area contributed by atoms with E-state index >= 15 is 0 Å². The minimum absolute atomic E-state index is 0.00596. The van der Waals surface area contributed by atoms with Gasteiger partial charge in [0.2, 0.25) is 11.9 Å². The largest absolute Gasteiger partial charge is 0.294 e. The normalized spacial score (nSPS) is 16.9. The van der Waals surface area contributed by atoms with Crippen molar-refractivity contribution in [3.05, 3.63) is 16.9 Å². The molecule has 104 valence electrons. The van der Waals surface area contributed by atoms with Crippen LogP contribution in [0.25, 0.3) is 0 Å². The Morgan fingerprint density at radius 1 is 1.32 bits per heavy atom. The third-order valence-electron chi connectivity index (χ3n) is 3.52. The number of halogens is 1. The van der Waals surface area contributed by atoms with Crippen LogP contribution in [-0.4, -0.2) is 15.9 Å². The maximum atomic E-state index is 12.0. The molecule has 1 aliphatic carbocycles. The number of anilines is 1. The van der Waals surface area contributed by atoms with Crippen molar-refractivity contribution in [1.82, 2.24) is 9.97 Å². The summed E-state index contributed by atoms with van der Waals surface area (Å²) in [6.07, 6.45) is 7.96. The topological polar surface area (TPSA) is 54.9 Å². The number of amides is 1. The zero-order valence-electron chi connectivity index (χ0n) is 11.3. The lowest BCUT2D eigenvalue weighted by Gasteiger charge is -2.13. The number of rotatable bonds is 3. The van der Waals surface area contributed by atoms with Crippen LogP contribution in [0.3, 0.4) is 0 Å². The number of aromatic nitrogens is 2. The molecule has 1 saturated carbocycles. The Hall–Kier alpha value is -1.16. The Morgan fingerprint density at radius 2 is 2.00 bits per heavy atom. The van der Waals surface area contributed by atoms with Gasteiger partial charge in [-0.25, -0.2) is 9.97 Å². The number of aryl methyl sites for hydroxylation is 1. The predicted molar refractivity (Wildman–Crippen MR) is 76.2 cm³/mol. The summed E-state index contributed by atoms with van der Waals surface area (Å²) in [7, 11) is 0. The number of hydrogen-bond acceptors (Lipinski definition) is 3. The molecule has 0 atom stereocenters. The molecule has 1 aromatic rings. The quantitative estimate of drug-likeness (QED) is 0.678. The minimum atomic E-state index is -0.00596. The molecule has 1 amide bonds. The second-order valence-electron chi connectivity index (χ2n) is 5.27. The van der Waals surface area contributed by atoms with E-state index in [-0.39, 0.29) is 5.91 Å². The molecule has 4 nitrogen and oxygen atoms in total. The minimum Gasteiger partial charge on any atom is -0.294 e. The summed E-state index contributed by atoms with van der Waals surface area (Å²) in [5, 5.41) is 3.10. The molecule has 2 rings (SSSR count). The average molecular weight is 282 g/mol. The Balaban J connectivity index is 1.89. The summed E-state index contributed by atoms with van der Waals surface area (Å²) in [4.78, 5) is 20.1. The highest BCUT2D eigenvalue weighted by atomic mass is 35.5. The molecule has 0 aliphatic heterocycles. The third-order valence-corrected chi connectivity index (χ3v) is 3.72. The molecule has 0 unspecified atom stereocenters. The van der Waals surface area contributed by atoms with Crippen LogP contribution in [0.1, 0.15) is 50.6 Å². The number of carbonyl (C=O) groups excluding carboxylic acids is 1. The highest BCUT2D eigenvalue weighted by Crippen LogP contribution is 2.25. The van der Waals surface area contributed by atoms with Crippen LogP contribution >= 0.6 is 11.6 Å². The summed E-state index contributed by atoms with van der Waals surface area (Å²) in [5.41, 5.74) is 0.754. The second-order valence-corrected chi connectivity index (χ2v) is 5.65. The molecule has 0 aromatic carbocycles. The lowest BCUT2D eigenvalue weighted by molar-refractivity contribution is -0.117. The van der Waals surface area contributed by atoms with E-state index in [9.17, 15) is 4.79 Å². The van der Waals surface area contributed by atoms with Crippen LogP contribution in [0.4, 0.5) is 5.95 Å². The summed E-state index contributed by atoms with van der Waals surface area (Å²) in [6, 6.07) is 1.67. The first-order valence-corrected chi connectivity index (χ1v) is 7.32. The van der Waals surface area contributed by atoms with Gasteiger partial charge in [-0.15, -0.1) is 0 Å². The molecule has 0 radical (unpaired) electrons. The molecule has 1 aromatic heterocycles.